The number of fused-ring (bicyclic) bond motifs is 4. The molecule has 2 aliphatic heterocycles. The van der Waals surface area contributed by atoms with E-state index in [9.17, 15) is 9.59 Å². The van der Waals surface area contributed by atoms with Gasteiger partial charge in [0.15, 0.2) is 28.7 Å². The summed E-state index contributed by atoms with van der Waals surface area (Å²) in [4.78, 5) is 28.4. The Labute approximate surface area is 182 Å². The first-order valence-corrected chi connectivity index (χ1v) is 9.85. The molecule has 0 fully saturated rings. The van der Waals surface area contributed by atoms with E-state index in [0.717, 1.165) is 5.56 Å². The molecule has 10 nitrogen and oxygen atoms in total. The number of nitrogens with zero attached hydrogens (tertiary/aromatic N) is 1. The minimum atomic E-state index is -1.04. The van der Waals surface area contributed by atoms with E-state index in [1.165, 1.54) is 7.05 Å². The van der Waals surface area contributed by atoms with E-state index in [0.29, 0.717) is 45.2 Å². The van der Waals surface area contributed by atoms with Crippen LogP contribution in [-0.2, 0) is 4.79 Å². The number of carboxylic acid groups (broad SMARTS) is 1. The first-order chi connectivity index (χ1) is 15.5. The van der Waals surface area contributed by atoms with Crippen molar-refractivity contribution in [3.8, 4) is 34.1 Å². The molecule has 1 atom stereocenters. The van der Waals surface area contributed by atoms with Gasteiger partial charge in [0.05, 0.1) is 16.6 Å². The van der Waals surface area contributed by atoms with E-state index >= 15 is 0 Å². The number of benzene rings is 2. The molecule has 0 radical (unpaired) electrons. The maximum absolute atomic E-state index is 12.6. The van der Waals surface area contributed by atoms with Crippen LogP contribution < -0.4 is 29.6 Å². The van der Waals surface area contributed by atoms with Crippen LogP contribution in [0.1, 0.15) is 16.9 Å². The number of rotatable bonds is 5. The summed E-state index contributed by atoms with van der Waals surface area (Å²) in [7, 11) is 3.23. The summed E-state index contributed by atoms with van der Waals surface area (Å²) in [5, 5.41) is 15.4. The van der Waals surface area contributed by atoms with Gasteiger partial charge in [-0.05, 0) is 29.8 Å². The van der Waals surface area contributed by atoms with Gasteiger partial charge in [-0.15, -0.1) is 0 Å². The van der Waals surface area contributed by atoms with Crippen LogP contribution in [0.2, 0.25) is 0 Å². The average molecular weight is 437 g/mol. The van der Waals surface area contributed by atoms with Crippen LogP contribution in [0.15, 0.2) is 30.3 Å². The highest BCUT2D eigenvalue weighted by Gasteiger charge is 2.32. The van der Waals surface area contributed by atoms with Gasteiger partial charge in [-0.3, -0.25) is 9.59 Å². The lowest BCUT2D eigenvalue weighted by molar-refractivity contribution is -0.141. The second kappa shape index (κ2) is 7.49. The largest absolute Gasteiger partial charge is 0.481 e. The Balaban J connectivity index is 1.80. The van der Waals surface area contributed by atoms with E-state index in [2.05, 4.69) is 15.6 Å². The standard InChI is InChI=1S/C22H19N3O7/c1-23-19-17(10-3-5-12-14(7-10)30-9-29-12)18-11(25-20(19)22(28)24-2)4-6-13-21(18)32-16(31-13)8-15(26)27/h3-7,16,23H,8-9H2,1-2H3,(H,24,28)(H,26,27). The quantitative estimate of drug-likeness (QED) is 0.552. The number of ether oxygens (including phenoxy) is 4. The number of carboxylic acids is 1. The summed E-state index contributed by atoms with van der Waals surface area (Å²) in [5.74, 6) is 0.565. The average Bonchev–Trinajstić information content (AvgIpc) is 3.42. The molecule has 0 aliphatic carbocycles. The van der Waals surface area contributed by atoms with Gasteiger partial charge in [0.2, 0.25) is 6.79 Å². The number of carbonyl (C=O) groups excluding carboxylic acids is 1. The Hall–Kier alpha value is -4.21. The Morgan fingerprint density at radius 3 is 2.62 bits per heavy atom. The molecule has 3 N–H and O–H groups in total. The van der Waals surface area contributed by atoms with Crippen LogP contribution in [0, 0.1) is 0 Å². The summed E-state index contributed by atoms with van der Waals surface area (Å²) >= 11 is 0. The summed E-state index contributed by atoms with van der Waals surface area (Å²) in [6.07, 6.45) is -1.28. The highest BCUT2D eigenvalue weighted by Crippen LogP contribution is 2.49. The van der Waals surface area contributed by atoms with Crippen molar-refractivity contribution in [2.45, 2.75) is 12.7 Å². The zero-order valence-electron chi connectivity index (χ0n) is 17.2. The maximum Gasteiger partial charge on any atom is 0.310 e. The van der Waals surface area contributed by atoms with Crippen molar-refractivity contribution in [1.29, 1.82) is 0 Å². The fourth-order valence-corrected chi connectivity index (χ4v) is 3.91. The number of hydrogen-bond donors (Lipinski definition) is 3. The number of pyridine rings is 1. The molecule has 2 aliphatic rings. The lowest BCUT2D eigenvalue weighted by atomic mass is 9.96. The van der Waals surface area contributed by atoms with E-state index < -0.39 is 12.3 Å². The molecule has 1 amide bonds. The summed E-state index contributed by atoms with van der Waals surface area (Å²) in [6, 6.07) is 8.82. The lowest BCUT2D eigenvalue weighted by Crippen LogP contribution is -2.22. The van der Waals surface area contributed by atoms with Crippen molar-refractivity contribution in [3.63, 3.8) is 0 Å². The van der Waals surface area contributed by atoms with Crippen molar-refractivity contribution >= 4 is 28.5 Å². The van der Waals surface area contributed by atoms with Gasteiger partial charge in [-0.25, -0.2) is 4.98 Å². The molecule has 164 valence electrons. The van der Waals surface area contributed by atoms with E-state index in [-0.39, 0.29) is 24.8 Å². The summed E-state index contributed by atoms with van der Waals surface area (Å²) in [6.45, 7) is 0.126. The van der Waals surface area contributed by atoms with Crippen molar-refractivity contribution < 1.29 is 33.6 Å². The van der Waals surface area contributed by atoms with Gasteiger partial charge in [-0.1, -0.05) is 6.07 Å². The Morgan fingerprint density at radius 2 is 1.88 bits per heavy atom. The lowest BCUT2D eigenvalue weighted by Gasteiger charge is -2.18. The van der Waals surface area contributed by atoms with E-state index in [4.69, 9.17) is 24.1 Å². The Morgan fingerprint density at radius 1 is 1.09 bits per heavy atom. The van der Waals surface area contributed by atoms with Gasteiger partial charge in [0, 0.05) is 19.7 Å². The molecular weight excluding hydrogens is 418 g/mol. The minimum absolute atomic E-state index is 0.126. The Kier molecular flexibility index (Phi) is 4.62. The summed E-state index contributed by atoms with van der Waals surface area (Å²) < 4.78 is 22.5. The van der Waals surface area contributed by atoms with Crippen molar-refractivity contribution in [1.82, 2.24) is 10.3 Å². The van der Waals surface area contributed by atoms with Gasteiger partial charge in [-0.2, -0.15) is 0 Å². The van der Waals surface area contributed by atoms with Crippen LogP contribution in [0.4, 0.5) is 5.69 Å². The molecule has 5 rings (SSSR count). The van der Waals surface area contributed by atoms with E-state index in [1.54, 1.807) is 25.2 Å². The third-order valence-corrected chi connectivity index (χ3v) is 5.27. The first-order valence-electron chi connectivity index (χ1n) is 9.85. The van der Waals surface area contributed by atoms with Crippen LogP contribution in [0.25, 0.3) is 22.0 Å². The van der Waals surface area contributed by atoms with Crippen LogP contribution in [0.3, 0.4) is 0 Å². The number of carbonyl (C=O) groups is 2. The first kappa shape index (κ1) is 19.7. The third kappa shape index (κ3) is 3.08. The fraction of sp³-hybridized carbons (Fsp3) is 0.227. The minimum Gasteiger partial charge on any atom is -0.481 e. The van der Waals surface area contributed by atoms with Crippen molar-refractivity contribution in [3.05, 3.63) is 36.0 Å². The number of aliphatic carboxylic acids is 1. The topological polar surface area (TPSA) is 128 Å². The van der Waals surface area contributed by atoms with Crippen LogP contribution in [-0.4, -0.2) is 49.1 Å². The molecule has 3 aromatic rings. The molecule has 0 spiro atoms. The zero-order chi connectivity index (χ0) is 22.4. The molecule has 0 saturated carbocycles. The fourth-order valence-electron chi connectivity index (χ4n) is 3.91. The Bertz CT molecular complexity index is 1270. The molecular formula is C22H19N3O7. The summed E-state index contributed by atoms with van der Waals surface area (Å²) in [5.41, 5.74) is 2.56. The number of anilines is 1. The van der Waals surface area contributed by atoms with Gasteiger partial charge < -0.3 is 34.7 Å². The second-order valence-electron chi connectivity index (χ2n) is 7.16. The van der Waals surface area contributed by atoms with Crippen molar-refractivity contribution in [2.75, 3.05) is 26.2 Å². The van der Waals surface area contributed by atoms with Gasteiger partial charge in [0.25, 0.3) is 12.2 Å². The van der Waals surface area contributed by atoms with Crippen molar-refractivity contribution in [2.24, 2.45) is 0 Å². The number of hydrogen-bond acceptors (Lipinski definition) is 8. The van der Waals surface area contributed by atoms with E-state index in [1.807, 2.05) is 12.1 Å². The second-order valence-corrected chi connectivity index (χ2v) is 7.16. The van der Waals surface area contributed by atoms with Gasteiger partial charge >= 0.3 is 5.97 Å². The number of aromatic nitrogens is 1. The molecule has 0 saturated heterocycles. The highest BCUT2D eigenvalue weighted by atomic mass is 16.7. The SMILES string of the molecule is CNC(=O)c1nc2ccc3c(c2c(-c2ccc4c(c2)OCO4)c1NC)OC(CC(=O)O)O3. The predicted molar refractivity (Wildman–Crippen MR) is 114 cm³/mol. The van der Waals surface area contributed by atoms with Crippen LogP contribution >= 0.6 is 0 Å². The molecule has 3 heterocycles. The molecule has 10 heteroatoms. The molecule has 0 bridgehead atoms. The highest BCUT2D eigenvalue weighted by molar-refractivity contribution is 6.12. The normalized spacial score (nSPS) is 15.6. The molecule has 1 aromatic heterocycles. The number of amides is 1. The number of nitrogens with one attached hydrogen (secondary N) is 2. The predicted octanol–water partition coefficient (Wildman–Crippen LogP) is 2.60. The zero-order valence-corrected chi connectivity index (χ0v) is 17.2. The maximum atomic E-state index is 12.6. The third-order valence-electron chi connectivity index (χ3n) is 5.27. The smallest absolute Gasteiger partial charge is 0.310 e. The molecule has 1 unspecified atom stereocenters. The monoisotopic (exact) mass is 437 g/mol. The van der Waals surface area contributed by atoms with Gasteiger partial charge in [0.1, 0.15) is 6.42 Å². The molecule has 32 heavy (non-hydrogen) atoms. The van der Waals surface area contributed by atoms with Crippen LogP contribution in [0.5, 0.6) is 23.0 Å². The molecule has 2 aromatic carbocycles.